The summed E-state index contributed by atoms with van der Waals surface area (Å²) in [6.45, 7) is 3.83. The van der Waals surface area contributed by atoms with Crippen LogP contribution in [0.3, 0.4) is 0 Å². The highest BCUT2D eigenvalue weighted by Gasteiger charge is 2.02. The highest BCUT2D eigenvalue weighted by Crippen LogP contribution is 2.15. The van der Waals surface area contributed by atoms with E-state index < -0.39 is 0 Å². The molecule has 74 valence electrons. The molecule has 0 aromatic heterocycles. The molecule has 0 spiro atoms. The summed E-state index contributed by atoms with van der Waals surface area (Å²) in [5.41, 5.74) is 1.65. The van der Waals surface area contributed by atoms with Crippen molar-refractivity contribution in [2.45, 2.75) is 0 Å². The summed E-state index contributed by atoms with van der Waals surface area (Å²) in [6.07, 6.45) is 1.66. The van der Waals surface area contributed by atoms with Crippen LogP contribution in [0, 0.1) is 5.82 Å². The molecule has 1 aromatic carbocycles. The van der Waals surface area contributed by atoms with Crippen molar-refractivity contribution in [3.8, 4) is 0 Å². The van der Waals surface area contributed by atoms with Gasteiger partial charge >= 0.3 is 0 Å². The van der Waals surface area contributed by atoms with E-state index in [1.165, 1.54) is 12.1 Å². The summed E-state index contributed by atoms with van der Waals surface area (Å²) < 4.78 is 12.6. The fourth-order valence-corrected chi connectivity index (χ4v) is 1.07. The third kappa shape index (κ3) is 2.42. The third-order valence-corrected chi connectivity index (χ3v) is 1.92. The molecule has 14 heavy (non-hydrogen) atoms. The van der Waals surface area contributed by atoms with Crippen LogP contribution in [0.15, 0.2) is 41.5 Å². The van der Waals surface area contributed by atoms with Crippen LogP contribution in [-0.2, 0) is 0 Å². The van der Waals surface area contributed by atoms with Crippen LogP contribution in [0.5, 0.6) is 0 Å². The predicted molar refractivity (Wildman–Crippen MR) is 58.4 cm³/mol. The first-order chi connectivity index (χ1) is 6.65. The smallest absolute Gasteiger partial charge is 0.123 e. The lowest BCUT2D eigenvalue weighted by Crippen LogP contribution is -2.16. The minimum Gasteiger partial charge on any atom is -0.344 e. The molecular weight excluding hydrogens is 179 g/mol. The van der Waals surface area contributed by atoms with Gasteiger partial charge in [0.15, 0.2) is 0 Å². The summed E-state index contributed by atoms with van der Waals surface area (Å²) in [5, 5.41) is 0. The molecule has 0 aliphatic heterocycles. The minimum atomic E-state index is -0.239. The van der Waals surface area contributed by atoms with Gasteiger partial charge in [0, 0.05) is 26.0 Å². The first-order valence-corrected chi connectivity index (χ1v) is 4.25. The maximum Gasteiger partial charge on any atom is 0.123 e. The van der Waals surface area contributed by atoms with Crippen molar-refractivity contribution in [2.24, 2.45) is 4.99 Å². The summed E-state index contributed by atoms with van der Waals surface area (Å²) >= 11 is 0. The Labute approximate surface area is 83.4 Å². The van der Waals surface area contributed by atoms with E-state index in [9.17, 15) is 4.39 Å². The number of halogens is 1. The van der Waals surface area contributed by atoms with Crippen LogP contribution in [0.1, 0.15) is 0 Å². The molecule has 0 saturated carbocycles. The molecule has 0 unspecified atom stereocenters. The quantitative estimate of drug-likeness (QED) is 0.672. The van der Waals surface area contributed by atoms with E-state index in [1.54, 1.807) is 25.4 Å². The van der Waals surface area contributed by atoms with Crippen molar-refractivity contribution < 1.29 is 4.39 Å². The summed E-state index contributed by atoms with van der Waals surface area (Å²) in [7, 11) is 3.54. The molecule has 0 N–H and O–H groups in total. The van der Waals surface area contributed by atoms with E-state index in [1.807, 2.05) is 11.9 Å². The van der Waals surface area contributed by atoms with Crippen LogP contribution in [0.2, 0.25) is 0 Å². The summed E-state index contributed by atoms with van der Waals surface area (Å²) in [6, 6.07) is 6.23. The van der Waals surface area contributed by atoms with Crippen LogP contribution in [0.4, 0.5) is 10.1 Å². The lowest BCUT2D eigenvalue weighted by molar-refractivity contribution is 0.628. The van der Waals surface area contributed by atoms with Gasteiger partial charge in [-0.05, 0) is 24.3 Å². The largest absolute Gasteiger partial charge is 0.344 e. The number of allylic oxidation sites excluding steroid dienone is 1. The Hall–Kier alpha value is -1.64. The van der Waals surface area contributed by atoms with Crippen molar-refractivity contribution in [3.05, 3.63) is 42.4 Å². The highest BCUT2D eigenvalue weighted by atomic mass is 19.1. The molecule has 3 heteroatoms. The Balaban J connectivity index is 2.84. The zero-order valence-electron chi connectivity index (χ0n) is 8.37. The van der Waals surface area contributed by atoms with E-state index >= 15 is 0 Å². The number of nitrogens with zero attached hydrogens (tertiary/aromatic N) is 2. The van der Waals surface area contributed by atoms with E-state index in [-0.39, 0.29) is 5.82 Å². The SMILES string of the molecule is C=C(C=NC)N(C)c1ccc(F)cc1. The van der Waals surface area contributed by atoms with Crippen molar-refractivity contribution in [1.29, 1.82) is 0 Å². The number of rotatable bonds is 3. The standard InChI is InChI=1S/C11H13FN2/c1-9(8-13-2)14(3)11-6-4-10(12)5-7-11/h4-8H,1H2,2-3H3. The summed E-state index contributed by atoms with van der Waals surface area (Å²) in [4.78, 5) is 5.70. The molecule has 0 atom stereocenters. The van der Waals surface area contributed by atoms with Gasteiger partial charge in [-0.25, -0.2) is 4.39 Å². The number of hydrogen-bond acceptors (Lipinski definition) is 2. The second-order valence-electron chi connectivity index (χ2n) is 2.91. The molecule has 0 heterocycles. The van der Waals surface area contributed by atoms with Crippen LogP contribution in [-0.4, -0.2) is 20.3 Å². The fourth-order valence-electron chi connectivity index (χ4n) is 1.07. The van der Waals surface area contributed by atoms with E-state index in [2.05, 4.69) is 11.6 Å². The Kier molecular flexibility index (Phi) is 3.40. The minimum absolute atomic E-state index is 0.239. The van der Waals surface area contributed by atoms with Gasteiger partial charge in [-0.1, -0.05) is 6.58 Å². The third-order valence-electron chi connectivity index (χ3n) is 1.92. The van der Waals surface area contributed by atoms with Crippen molar-refractivity contribution in [2.75, 3.05) is 19.0 Å². The Morgan fingerprint density at radius 2 is 2.00 bits per heavy atom. The van der Waals surface area contributed by atoms with Gasteiger partial charge < -0.3 is 4.90 Å². The monoisotopic (exact) mass is 192 g/mol. The number of anilines is 1. The average molecular weight is 192 g/mol. The molecule has 0 fully saturated rings. The normalized spacial score (nSPS) is 10.5. The molecule has 0 bridgehead atoms. The number of hydrogen-bond donors (Lipinski definition) is 0. The molecule has 1 aromatic rings. The highest BCUT2D eigenvalue weighted by molar-refractivity contribution is 5.83. The Morgan fingerprint density at radius 1 is 1.43 bits per heavy atom. The zero-order valence-corrected chi connectivity index (χ0v) is 8.37. The van der Waals surface area contributed by atoms with Crippen LogP contribution >= 0.6 is 0 Å². The maximum absolute atomic E-state index is 12.6. The first kappa shape index (κ1) is 10.4. The van der Waals surface area contributed by atoms with Crippen molar-refractivity contribution in [3.63, 3.8) is 0 Å². The maximum atomic E-state index is 12.6. The Morgan fingerprint density at radius 3 is 2.50 bits per heavy atom. The first-order valence-electron chi connectivity index (χ1n) is 4.25. The Bertz CT molecular complexity index is 341. The van der Waals surface area contributed by atoms with Gasteiger partial charge in [0.1, 0.15) is 5.82 Å². The molecule has 0 amide bonds. The molecule has 0 radical (unpaired) electrons. The van der Waals surface area contributed by atoms with Gasteiger partial charge in [0.25, 0.3) is 0 Å². The lowest BCUT2D eigenvalue weighted by Gasteiger charge is -2.18. The van der Waals surface area contributed by atoms with Crippen molar-refractivity contribution >= 4 is 11.9 Å². The van der Waals surface area contributed by atoms with Gasteiger partial charge in [0.05, 0.1) is 5.70 Å². The molecule has 1 rings (SSSR count). The number of benzene rings is 1. The van der Waals surface area contributed by atoms with Crippen LogP contribution in [0.25, 0.3) is 0 Å². The zero-order chi connectivity index (χ0) is 10.6. The van der Waals surface area contributed by atoms with Gasteiger partial charge in [-0.15, -0.1) is 0 Å². The molecule has 0 aliphatic carbocycles. The molecule has 2 nitrogen and oxygen atoms in total. The van der Waals surface area contributed by atoms with Gasteiger partial charge in [-0.2, -0.15) is 0 Å². The van der Waals surface area contributed by atoms with E-state index in [0.29, 0.717) is 0 Å². The summed E-state index contributed by atoms with van der Waals surface area (Å²) in [5.74, 6) is -0.239. The molecule has 0 aliphatic rings. The van der Waals surface area contributed by atoms with E-state index in [0.717, 1.165) is 11.4 Å². The topological polar surface area (TPSA) is 15.6 Å². The second kappa shape index (κ2) is 4.56. The second-order valence-corrected chi connectivity index (χ2v) is 2.91. The lowest BCUT2D eigenvalue weighted by atomic mass is 10.3. The average Bonchev–Trinajstić information content (AvgIpc) is 2.18. The van der Waals surface area contributed by atoms with Crippen LogP contribution < -0.4 is 4.90 Å². The fraction of sp³-hybridized carbons (Fsp3) is 0.182. The molecule has 0 saturated heterocycles. The molecular formula is C11H13FN2. The van der Waals surface area contributed by atoms with Gasteiger partial charge in [-0.3, -0.25) is 4.99 Å². The number of aliphatic imine (C=N–C) groups is 1. The van der Waals surface area contributed by atoms with Gasteiger partial charge in [0.2, 0.25) is 0 Å². The van der Waals surface area contributed by atoms with E-state index in [4.69, 9.17) is 0 Å². The predicted octanol–water partition coefficient (Wildman–Crippen LogP) is 2.48. The van der Waals surface area contributed by atoms with Crippen molar-refractivity contribution in [1.82, 2.24) is 0 Å².